The van der Waals surface area contributed by atoms with Gasteiger partial charge in [0.1, 0.15) is 0 Å². The lowest BCUT2D eigenvalue weighted by atomic mass is 9.74. The van der Waals surface area contributed by atoms with Crippen molar-refractivity contribution in [3.05, 3.63) is 138 Å². The minimum atomic E-state index is -3.91. The molecule has 0 unspecified atom stereocenters. The molecule has 0 saturated carbocycles. The average Bonchev–Trinajstić information content (AvgIpc) is 2.92. The summed E-state index contributed by atoms with van der Waals surface area (Å²) in [6, 6.07) is 34.4. The average molecular weight is 498 g/mol. The van der Waals surface area contributed by atoms with Crippen molar-refractivity contribution in [3.63, 3.8) is 0 Å². The Morgan fingerprint density at radius 1 is 0.722 bits per heavy atom. The van der Waals surface area contributed by atoms with E-state index in [0.717, 1.165) is 16.7 Å². The van der Waals surface area contributed by atoms with Gasteiger partial charge in [-0.1, -0.05) is 116 Å². The highest BCUT2D eigenvalue weighted by Crippen LogP contribution is 2.40. The van der Waals surface area contributed by atoms with Gasteiger partial charge in [0.15, 0.2) is 5.78 Å². The van der Waals surface area contributed by atoms with Crippen molar-refractivity contribution < 1.29 is 13.2 Å². The lowest BCUT2D eigenvalue weighted by Crippen LogP contribution is -2.39. The molecule has 3 atom stereocenters. The van der Waals surface area contributed by atoms with Crippen molar-refractivity contribution in [1.29, 1.82) is 0 Å². The van der Waals surface area contributed by atoms with Crippen molar-refractivity contribution in [2.75, 3.05) is 0 Å². The lowest BCUT2D eigenvalue weighted by molar-refractivity contribution is 0.0868. The van der Waals surface area contributed by atoms with Crippen LogP contribution in [0.1, 0.15) is 52.4 Å². The summed E-state index contributed by atoms with van der Waals surface area (Å²) in [5.74, 6) is -0.959. The third kappa shape index (κ3) is 5.81. The summed E-state index contributed by atoms with van der Waals surface area (Å²) in [6.45, 7) is 3.95. The van der Waals surface area contributed by atoms with E-state index in [1.807, 2.05) is 92.7 Å². The molecule has 0 heterocycles. The first-order valence-electron chi connectivity index (χ1n) is 12.2. The van der Waals surface area contributed by atoms with Crippen LogP contribution >= 0.6 is 0 Å². The fraction of sp³-hybridized carbons (Fsp3) is 0.194. The van der Waals surface area contributed by atoms with Crippen LogP contribution in [0.3, 0.4) is 0 Å². The van der Waals surface area contributed by atoms with E-state index in [-0.39, 0.29) is 16.6 Å². The molecule has 0 spiro atoms. The largest absolute Gasteiger partial charge is 0.294 e. The highest BCUT2D eigenvalue weighted by atomic mass is 32.2. The molecular formula is C31H31NO3S. The van der Waals surface area contributed by atoms with E-state index in [4.69, 9.17) is 0 Å². The second-order valence-electron chi connectivity index (χ2n) is 9.00. The zero-order valence-corrected chi connectivity index (χ0v) is 21.4. The smallest absolute Gasteiger partial charge is 0.241 e. The van der Waals surface area contributed by atoms with Crippen LogP contribution in [0, 0.1) is 12.8 Å². The maximum Gasteiger partial charge on any atom is 0.241 e. The van der Waals surface area contributed by atoms with Gasteiger partial charge in [-0.3, -0.25) is 4.79 Å². The van der Waals surface area contributed by atoms with E-state index in [9.17, 15) is 13.2 Å². The van der Waals surface area contributed by atoms with Gasteiger partial charge in [0.2, 0.25) is 10.0 Å². The van der Waals surface area contributed by atoms with E-state index in [1.54, 1.807) is 36.4 Å². The number of benzene rings is 4. The van der Waals surface area contributed by atoms with Gasteiger partial charge < -0.3 is 0 Å². The number of ketones is 1. The SMILES string of the molecule is CC[C@H](c1ccccc1)[C@@H](C(=O)c1ccccc1)[C@H](NS(=O)(=O)c1ccc(C)cc1)c1ccccc1. The highest BCUT2D eigenvalue weighted by Gasteiger charge is 2.39. The zero-order chi connectivity index (χ0) is 25.5. The van der Waals surface area contributed by atoms with Crippen LogP contribution < -0.4 is 4.72 Å². The maximum absolute atomic E-state index is 14.2. The van der Waals surface area contributed by atoms with E-state index >= 15 is 0 Å². The third-order valence-electron chi connectivity index (χ3n) is 6.59. The van der Waals surface area contributed by atoms with Crippen molar-refractivity contribution in [1.82, 2.24) is 4.72 Å². The first-order valence-corrected chi connectivity index (χ1v) is 13.7. The van der Waals surface area contributed by atoms with E-state index in [1.165, 1.54) is 0 Å². The number of aryl methyl sites for hydroxylation is 1. The van der Waals surface area contributed by atoms with Gasteiger partial charge in [-0.2, -0.15) is 0 Å². The molecule has 0 aliphatic carbocycles. The van der Waals surface area contributed by atoms with Gasteiger partial charge in [0, 0.05) is 11.5 Å². The van der Waals surface area contributed by atoms with Gasteiger partial charge in [0.25, 0.3) is 0 Å². The molecule has 0 aliphatic rings. The van der Waals surface area contributed by atoms with Crippen molar-refractivity contribution >= 4 is 15.8 Å². The molecule has 184 valence electrons. The van der Waals surface area contributed by atoms with Crippen LogP contribution in [-0.4, -0.2) is 14.2 Å². The topological polar surface area (TPSA) is 63.2 Å². The Morgan fingerprint density at radius 3 is 1.75 bits per heavy atom. The quantitative estimate of drug-likeness (QED) is 0.248. The fourth-order valence-electron chi connectivity index (χ4n) is 4.72. The first kappa shape index (κ1) is 25.5. The molecule has 36 heavy (non-hydrogen) atoms. The van der Waals surface area contributed by atoms with Gasteiger partial charge in [0.05, 0.1) is 10.9 Å². The van der Waals surface area contributed by atoms with Gasteiger partial charge in [-0.25, -0.2) is 13.1 Å². The predicted octanol–water partition coefficient (Wildman–Crippen LogP) is 6.71. The Bertz CT molecular complexity index is 1370. The Balaban J connectivity index is 1.87. The summed E-state index contributed by atoms with van der Waals surface area (Å²) in [5.41, 5.74) is 3.29. The first-order chi connectivity index (χ1) is 17.4. The molecule has 4 aromatic rings. The van der Waals surface area contributed by atoms with Gasteiger partial charge in [-0.15, -0.1) is 0 Å². The van der Waals surface area contributed by atoms with Crippen LogP contribution in [0.25, 0.3) is 0 Å². The predicted molar refractivity (Wildman–Crippen MR) is 144 cm³/mol. The van der Waals surface area contributed by atoms with Crippen LogP contribution in [0.4, 0.5) is 0 Å². The number of carbonyl (C=O) groups is 1. The maximum atomic E-state index is 14.2. The second-order valence-corrected chi connectivity index (χ2v) is 10.7. The molecular weight excluding hydrogens is 466 g/mol. The molecule has 4 nitrogen and oxygen atoms in total. The third-order valence-corrected chi connectivity index (χ3v) is 8.05. The minimum absolute atomic E-state index is 0.0910. The van der Waals surface area contributed by atoms with E-state index < -0.39 is 22.0 Å². The molecule has 0 fully saturated rings. The molecule has 4 rings (SSSR count). The van der Waals surface area contributed by atoms with Crippen molar-refractivity contribution in [3.8, 4) is 0 Å². The van der Waals surface area contributed by atoms with Gasteiger partial charge >= 0.3 is 0 Å². The molecule has 0 amide bonds. The standard InChI is InChI=1S/C31H31NO3S/c1-3-28(24-13-7-4-8-14-24)29(31(33)26-17-11-6-12-18-26)30(25-15-9-5-10-16-25)32-36(34,35)27-21-19-23(2)20-22-27/h4-22,28-30,32H,3H2,1-2H3/t28-,29-,30-/m1/s1. The summed E-state index contributed by atoms with van der Waals surface area (Å²) >= 11 is 0. The minimum Gasteiger partial charge on any atom is -0.294 e. The van der Waals surface area contributed by atoms with Crippen LogP contribution in [0.5, 0.6) is 0 Å². The number of rotatable bonds is 10. The number of carbonyl (C=O) groups excluding carboxylic acids is 1. The van der Waals surface area contributed by atoms with Crippen LogP contribution in [0.2, 0.25) is 0 Å². The Kier molecular flexibility index (Phi) is 8.14. The molecule has 0 aliphatic heterocycles. The number of nitrogens with one attached hydrogen (secondary N) is 1. The van der Waals surface area contributed by atoms with Gasteiger partial charge in [-0.05, 0) is 42.5 Å². The van der Waals surface area contributed by atoms with E-state index in [2.05, 4.69) is 4.72 Å². The number of sulfonamides is 1. The Hall–Kier alpha value is -3.54. The normalized spacial score (nSPS) is 14.1. The molecule has 5 heteroatoms. The lowest BCUT2D eigenvalue weighted by Gasteiger charge is -2.33. The van der Waals surface area contributed by atoms with Crippen molar-refractivity contribution in [2.45, 2.75) is 37.1 Å². The molecule has 0 aromatic heterocycles. The van der Waals surface area contributed by atoms with E-state index in [0.29, 0.717) is 12.0 Å². The zero-order valence-electron chi connectivity index (χ0n) is 20.5. The van der Waals surface area contributed by atoms with Crippen LogP contribution in [-0.2, 0) is 10.0 Å². The number of Topliss-reactive ketones (excluding diaryl/α,β-unsaturated/α-hetero) is 1. The number of hydrogen-bond donors (Lipinski definition) is 1. The summed E-state index contributed by atoms with van der Waals surface area (Å²) in [7, 11) is -3.91. The molecule has 4 aromatic carbocycles. The number of hydrogen-bond acceptors (Lipinski definition) is 3. The summed E-state index contributed by atoms with van der Waals surface area (Å²) in [5, 5.41) is 0. The summed E-state index contributed by atoms with van der Waals surface area (Å²) < 4.78 is 30.2. The molecule has 0 bridgehead atoms. The summed E-state index contributed by atoms with van der Waals surface area (Å²) in [6.07, 6.45) is 0.669. The Morgan fingerprint density at radius 2 is 1.22 bits per heavy atom. The molecule has 0 saturated heterocycles. The Labute approximate surface area is 214 Å². The van der Waals surface area contributed by atoms with Crippen molar-refractivity contribution in [2.24, 2.45) is 5.92 Å². The summed E-state index contributed by atoms with van der Waals surface area (Å²) in [4.78, 5) is 14.3. The second kappa shape index (κ2) is 11.5. The van der Waals surface area contributed by atoms with Crippen LogP contribution in [0.15, 0.2) is 120 Å². The highest BCUT2D eigenvalue weighted by molar-refractivity contribution is 7.89. The monoisotopic (exact) mass is 497 g/mol. The molecule has 0 radical (unpaired) electrons. The fourth-order valence-corrected chi connectivity index (χ4v) is 5.97. The molecule has 1 N–H and O–H groups in total.